The molecule has 1 aliphatic heterocycles. The first-order chi connectivity index (χ1) is 14.0. The van der Waals surface area contributed by atoms with Crippen molar-refractivity contribution in [2.45, 2.75) is 26.8 Å². The van der Waals surface area contributed by atoms with Crippen molar-refractivity contribution >= 4 is 29.3 Å². The standard InChI is InChI=1S/C23H22N4OS/c1-15-20(17(3)27(25-15)19-12-8-5-9-13-19)14-21-22(28)26(23(29)24-21)16(2)18-10-6-4-7-11-18/h4-14,16H,1-3H3,(H,24,29)/b21-14-. The quantitative estimate of drug-likeness (QED) is 0.522. The molecule has 4 rings (SSSR count). The highest BCUT2D eigenvalue weighted by atomic mass is 32.1. The summed E-state index contributed by atoms with van der Waals surface area (Å²) < 4.78 is 1.89. The Bertz CT molecular complexity index is 1100. The number of hydrogen-bond acceptors (Lipinski definition) is 3. The van der Waals surface area contributed by atoms with Crippen LogP contribution >= 0.6 is 12.2 Å². The Balaban J connectivity index is 1.67. The topological polar surface area (TPSA) is 50.2 Å². The van der Waals surface area contributed by atoms with Crippen LogP contribution < -0.4 is 5.32 Å². The average molecular weight is 403 g/mol. The molecule has 1 atom stereocenters. The van der Waals surface area contributed by atoms with Crippen molar-refractivity contribution in [3.63, 3.8) is 0 Å². The van der Waals surface area contributed by atoms with E-state index in [0.717, 1.165) is 28.2 Å². The molecule has 2 aromatic carbocycles. The van der Waals surface area contributed by atoms with E-state index in [-0.39, 0.29) is 11.9 Å². The Hall–Kier alpha value is -3.25. The van der Waals surface area contributed by atoms with E-state index >= 15 is 0 Å². The van der Waals surface area contributed by atoms with Gasteiger partial charge in [0, 0.05) is 11.3 Å². The summed E-state index contributed by atoms with van der Waals surface area (Å²) >= 11 is 5.47. The SMILES string of the molecule is Cc1nn(-c2ccccc2)c(C)c1/C=C1\NC(=S)N(C(C)c2ccccc2)C1=O. The maximum Gasteiger partial charge on any atom is 0.277 e. The second kappa shape index (κ2) is 7.64. The highest BCUT2D eigenvalue weighted by molar-refractivity contribution is 7.80. The van der Waals surface area contributed by atoms with E-state index < -0.39 is 0 Å². The summed E-state index contributed by atoms with van der Waals surface area (Å²) in [6, 6.07) is 19.7. The number of aryl methyl sites for hydroxylation is 1. The van der Waals surface area contributed by atoms with Crippen LogP contribution in [-0.2, 0) is 4.79 Å². The highest BCUT2D eigenvalue weighted by Crippen LogP contribution is 2.27. The van der Waals surface area contributed by atoms with Crippen LogP contribution in [0.4, 0.5) is 0 Å². The number of nitrogens with zero attached hydrogens (tertiary/aromatic N) is 3. The Labute approximate surface area is 175 Å². The van der Waals surface area contributed by atoms with Gasteiger partial charge in [0.25, 0.3) is 5.91 Å². The molecule has 1 aromatic heterocycles. The van der Waals surface area contributed by atoms with E-state index in [9.17, 15) is 4.79 Å². The van der Waals surface area contributed by atoms with Crippen LogP contribution in [-0.4, -0.2) is 25.7 Å². The molecule has 1 amide bonds. The number of aromatic nitrogens is 2. The number of para-hydroxylation sites is 1. The number of rotatable bonds is 4. The number of amides is 1. The average Bonchev–Trinajstić information content (AvgIpc) is 3.18. The molecule has 146 valence electrons. The summed E-state index contributed by atoms with van der Waals surface area (Å²) in [5.41, 5.74) is 5.23. The molecule has 1 fully saturated rings. The van der Waals surface area contributed by atoms with Crippen molar-refractivity contribution in [3.05, 3.63) is 88.9 Å². The Morgan fingerprint density at radius 1 is 1.03 bits per heavy atom. The van der Waals surface area contributed by atoms with Gasteiger partial charge >= 0.3 is 0 Å². The zero-order chi connectivity index (χ0) is 20.5. The van der Waals surface area contributed by atoms with Gasteiger partial charge in [-0.3, -0.25) is 9.69 Å². The van der Waals surface area contributed by atoms with Crippen molar-refractivity contribution in [2.24, 2.45) is 0 Å². The van der Waals surface area contributed by atoms with E-state index in [1.165, 1.54) is 0 Å². The first kappa shape index (κ1) is 19.1. The third-order valence-corrected chi connectivity index (χ3v) is 5.51. The molecule has 5 nitrogen and oxygen atoms in total. The lowest BCUT2D eigenvalue weighted by Crippen LogP contribution is -2.33. The van der Waals surface area contributed by atoms with E-state index in [1.807, 2.05) is 92.2 Å². The number of hydrogen-bond donors (Lipinski definition) is 1. The van der Waals surface area contributed by atoms with Gasteiger partial charge in [0.05, 0.1) is 17.4 Å². The fraction of sp³-hybridized carbons (Fsp3) is 0.174. The van der Waals surface area contributed by atoms with Gasteiger partial charge in [0.1, 0.15) is 5.70 Å². The molecule has 29 heavy (non-hydrogen) atoms. The number of thiocarbonyl (C=S) groups is 1. The van der Waals surface area contributed by atoms with E-state index in [0.29, 0.717) is 10.8 Å². The molecule has 6 heteroatoms. The molecular formula is C23H22N4OS. The molecular weight excluding hydrogens is 380 g/mol. The third kappa shape index (κ3) is 3.47. The van der Waals surface area contributed by atoms with Crippen LogP contribution in [0.1, 0.15) is 35.5 Å². The summed E-state index contributed by atoms with van der Waals surface area (Å²) in [6.07, 6.45) is 1.85. The minimum absolute atomic E-state index is 0.127. The van der Waals surface area contributed by atoms with Crippen LogP contribution in [0, 0.1) is 13.8 Å². The molecule has 1 aliphatic rings. The Morgan fingerprint density at radius 2 is 1.66 bits per heavy atom. The summed E-state index contributed by atoms with van der Waals surface area (Å²) in [5, 5.41) is 8.16. The zero-order valence-electron chi connectivity index (χ0n) is 16.6. The van der Waals surface area contributed by atoms with Gasteiger partial charge in [-0.2, -0.15) is 5.10 Å². The van der Waals surface area contributed by atoms with Crippen LogP contribution in [0.15, 0.2) is 66.4 Å². The van der Waals surface area contributed by atoms with E-state index in [4.69, 9.17) is 12.2 Å². The largest absolute Gasteiger partial charge is 0.328 e. The summed E-state index contributed by atoms with van der Waals surface area (Å²) in [7, 11) is 0. The molecule has 0 saturated carbocycles. The second-order valence-electron chi connectivity index (χ2n) is 7.08. The molecule has 0 bridgehead atoms. The molecule has 1 unspecified atom stereocenters. The number of nitrogens with one attached hydrogen (secondary N) is 1. The molecule has 1 N–H and O–H groups in total. The fourth-order valence-corrected chi connectivity index (χ4v) is 3.96. The van der Waals surface area contributed by atoms with Crippen molar-refractivity contribution in [2.75, 3.05) is 0 Å². The van der Waals surface area contributed by atoms with Crippen LogP contribution in [0.3, 0.4) is 0 Å². The first-order valence-electron chi connectivity index (χ1n) is 9.50. The van der Waals surface area contributed by atoms with Gasteiger partial charge < -0.3 is 5.32 Å². The highest BCUT2D eigenvalue weighted by Gasteiger charge is 2.35. The monoisotopic (exact) mass is 402 g/mol. The van der Waals surface area contributed by atoms with Gasteiger partial charge in [-0.05, 0) is 56.8 Å². The molecule has 0 radical (unpaired) electrons. The Morgan fingerprint density at radius 3 is 2.31 bits per heavy atom. The summed E-state index contributed by atoms with van der Waals surface area (Å²) in [5.74, 6) is -0.127. The van der Waals surface area contributed by atoms with E-state index in [2.05, 4.69) is 10.4 Å². The minimum atomic E-state index is -0.149. The lowest BCUT2D eigenvalue weighted by molar-refractivity contribution is -0.123. The van der Waals surface area contributed by atoms with Crippen molar-refractivity contribution < 1.29 is 4.79 Å². The van der Waals surface area contributed by atoms with Crippen molar-refractivity contribution in [3.8, 4) is 5.69 Å². The summed E-state index contributed by atoms with van der Waals surface area (Å²) in [6.45, 7) is 5.93. The van der Waals surface area contributed by atoms with Gasteiger partial charge in [-0.25, -0.2) is 4.68 Å². The molecule has 2 heterocycles. The molecule has 0 spiro atoms. The number of carbonyl (C=O) groups is 1. The van der Waals surface area contributed by atoms with Crippen LogP contribution in [0.5, 0.6) is 0 Å². The van der Waals surface area contributed by atoms with Gasteiger partial charge in [0.2, 0.25) is 0 Å². The van der Waals surface area contributed by atoms with Crippen LogP contribution in [0.25, 0.3) is 11.8 Å². The maximum atomic E-state index is 13.1. The van der Waals surface area contributed by atoms with Gasteiger partial charge in [-0.1, -0.05) is 48.5 Å². The predicted octanol–water partition coefficient (Wildman–Crippen LogP) is 4.31. The summed E-state index contributed by atoms with van der Waals surface area (Å²) in [4.78, 5) is 14.7. The van der Waals surface area contributed by atoms with Crippen LogP contribution in [0.2, 0.25) is 0 Å². The van der Waals surface area contributed by atoms with Crippen molar-refractivity contribution in [1.29, 1.82) is 0 Å². The fourth-order valence-electron chi connectivity index (χ4n) is 3.61. The molecule has 0 aliphatic carbocycles. The van der Waals surface area contributed by atoms with E-state index in [1.54, 1.807) is 4.90 Å². The van der Waals surface area contributed by atoms with Gasteiger partial charge in [-0.15, -0.1) is 0 Å². The van der Waals surface area contributed by atoms with Gasteiger partial charge in [0.15, 0.2) is 5.11 Å². The Kier molecular flexibility index (Phi) is 5.03. The normalized spacial score (nSPS) is 16.4. The second-order valence-corrected chi connectivity index (χ2v) is 7.47. The number of benzene rings is 2. The smallest absolute Gasteiger partial charge is 0.277 e. The third-order valence-electron chi connectivity index (χ3n) is 5.22. The minimum Gasteiger partial charge on any atom is -0.328 e. The molecule has 3 aromatic rings. The van der Waals surface area contributed by atoms with Crippen molar-refractivity contribution in [1.82, 2.24) is 20.0 Å². The lowest BCUT2D eigenvalue weighted by Gasteiger charge is -2.23. The lowest BCUT2D eigenvalue weighted by atomic mass is 10.1. The number of carbonyl (C=O) groups excluding carboxylic acids is 1. The maximum absolute atomic E-state index is 13.1. The zero-order valence-corrected chi connectivity index (χ0v) is 17.4. The first-order valence-corrected chi connectivity index (χ1v) is 9.91. The predicted molar refractivity (Wildman–Crippen MR) is 118 cm³/mol. The molecule has 1 saturated heterocycles.